The highest BCUT2D eigenvalue weighted by molar-refractivity contribution is 7.12. The number of amides is 3. The van der Waals surface area contributed by atoms with E-state index < -0.39 is 5.91 Å². The van der Waals surface area contributed by atoms with E-state index in [1.807, 2.05) is 11.4 Å². The average Bonchev–Trinajstić information content (AvgIpc) is 3.20. The number of likely N-dealkylation sites (tertiary alicyclic amines) is 1. The molecular formula is C18H18ClN3O3S. The van der Waals surface area contributed by atoms with Crippen LogP contribution in [0.25, 0.3) is 0 Å². The van der Waals surface area contributed by atoms with Gasteiger partial charge in [0.25, 0.3) is 11.8 Å². The van der Waals surface area contributed by atoms with Crippen molar-refractivity contribution < 1.29 is 14.4 Å². The van der Waals surface area contributed by atoms with E-state index in [0.717, 1.165) is 6.42 Å². The maximum atomic E-state index is 12.4. The fourth-order valence-corrected chi connectivity index (χ4v) is 3.64. The number of nitrogens with one attached hydrogen (secondary N) is 2. The third kappa shape index (κ3) is 4.42. The van der Waals surface area contributed by atoms with Crippen LogP contribution in [-0.2, 0) is 4.79 Å². The summed E-state index contributed by atoms with van der Waals surface area (Å²) in [4.78, 5) is 39.2. The Bertz CT molecular complexity index is 793. The number of thiophene rings is 1. The number of nitrogens with zero attached hydrogens (tertiary/aromatic N) is 1. The molecule has 8 heteroatoms. The van der Waals surface area contributed by atoms with E-state index in [0.29, 0.717) is 35.0 Å². The van der Waals surface area contributed by atoms with Crippen LogP contribution in [0.15, 0.2) is 41.8 Å². The largest absolute Gasteiger partial charge is 0.337 e. The summed E-state index contributed by atoms with van der Waals surface area (Å²) in [6.07, 6.45) is 1.43. The highest BCUT2D eigenvalue weighted by atomic mass is 35.5. The second-order valence-corrected chi connectivity index (χ2v) is 7.40. The third-order valence-corrected chi connectivity index (χ3v) is 5.33. The maximum absolute atomic E-state index is 12.4. The summed E-state index contributed by atoms with van der Waals surface area (Å²) < 4.78 is 0. The van der Waals surface area contributed by atoms with Gasteiger partial charge in [0.05, 0.1) is 10.8 Å². The Morgan fingerprint density at radius 1 is 1.12 bits per heavy atom. The molecule has 1 aromatic carbocycles. The van der Waals surface area contributed by atoms with Gasteiger partial charge in [-0.15, -0.1) is 11.3 Å². The van der Waals surface area contributed by atoms with Crippen molar-refractivity contribution in [2.45, 2.75) is 12.8 Å². The minimum Gasteiger partial charge on any atom is -0.337 e. The van der Waals surface area contributed by atoms with Crippen LogP contribution in [0.3, 0.4) is 0 Å². The van der Waals surface area contributed by atoms with Gasteiger partial charge in [0, 0.05) is 23.7 Å². The number of hydrazine groups is 1. The fourth-order valence-electron chi connectivity index (χ4n) is 2.83. The summed E-state index contributed by atoms with van der Waals surface area (Å²) in [6, 6.07) is 9.97. The summed E-state index contributed by atoms with van der Waals surface area (Å²) in [5.74, 6) is -1.12. The van der Waals surface area contributed by atoms with Crippen molar-refractivity contribution in [3.63, 3.8) is 0 Å². The zero-order chi connectivity index (χ0) is 18.5. The number of carbonyl (C=O) groups excluding carboxylic acids is 3. The second kappa shape index (κ2) is 8.33. The second-order valence-electron chi connectivity index (χ2n) is 6.02. The molecule has 2 heterocycles. The number of benzene rings is 1. The van der Waals surface area contributed by atoms with Gasteiger partial charge in [0.2, 0.25) is 5.91 Å². The van der Waals surface area contributed by atoms with Crippen LogP contribution < -0.4 is 10.9 Å². The summed E-state index contributed by atoms with van der Waals surface area (Å²) in [5, 5.41) is 2.39. The molecule has 1 saturated heterocycles. The summed E-state index contributed by atoms with van der Waals surface area (Å²) in [6.45, 7) is 0.983. The van der Waals surface area contributed by atoms with E-state index in [4.69, 9.17) is 11.6 Å². The topological polar surface area (TPSA) is 78.5 Å². The molecule has 26 heavy (non-hydrogen) atoms. The van der Waals surface area contributed by atoms with E-state index in [-0.39, 0.29) is 17.7 Å². The smallest absolute Gasteiger partial charge is 0.269 e. The van der Waals surface area contributed by atoms with E-state index in [2.05, 4.69) is 10.9 Å². The van der Waals surface area contributed by atoms with Crippen molar-refractivity contribution >= 4 is 40.7 Å². The van der Waals surface area contributed by atoms with Gasteiger partial charge in [-0.05, 0) is 48.6 Å². The molecule has 1 aliphatic heterocycles. The van der Waals surface area contributed by atoms with Gasteiger partial charge in [-0.3, -0.25) is 25.2 Å². The molecule has 136 valence electrons. The SMILES string of the molecule is O=C(NNC(=O)C1CCCN(C(=O)c2cccs2)C1)c1ccc(Cl)cc1. The predicted octanol–water partition coefficient (Wildman–Crippen LogP) is 2.71. The van der Waals surface area contributed by atoms with E-state index in [9.17, 15) is 14.4 Å². The third-order valence-electron chi connectivity index (χ3n) is 4.22. The van der Waals surface area contributed by atoms with Crippen LogP contribution in [0, 0.1) is 5.92 Å². The first kappa shape index (κ1) is 18.4. The number of rotatable bonds is 3. The number of halogens is 1. The van der Waals surface area contributed by atoms with Gasteiger partial charge in [-0.1, -0.05) is 17.7 Å². The summed E-state index contributed by atoms with van der Waals surface area (Å²) in [5.41, 5.74) is 5.25. The molecular weight excluding hydrogens is 374 g/mol. The van der Waals surface area contributed by atoms with Crippen molar-refractivity contribution in [2.75, 3.05) is 13.1 Å². The molecule has 0 saturated carbocycles. The van der Waals surface area contributed by atoms with E-state index in [1.54, 1.807) is 35.2 Å². The monoisotopic (exact) mass is 391 g/mol. The van der Waals surface area contributed by atoms with Gasteiger partial charge in [0.1, 0.15) is 0 Å². The zero-order valence-corrected chi connectivity index (χ0v) is 15.5. The van der Waals surface area contributed by atoms with Crippen LogP contribution in [0.5, 0.6) is 0 Å². The van der Waals surface area contributed by atoms with Crippen molar-refractivity contribution in [1.29, 1.82) is 0 Å². The molecule has 2 N–H and O–H groups in total. The molecule has 0 bridgehead atoms. The minimum absolute atomic E-state index is 0.0531. The molecule has 1 unspecified atom stereocenters. The summed E-state index contributed by atoms with van der Waals surface area (Å²) in [7, 11) is 0. The fraction of sp³-hybridized carbons (Fsp3) is 0.278. The Balaban J connectivity index is 1.53. The lowest BCUT2D eigenvalue weighted by molar-refractivity contribution is -0.127. The van der Waals surface area contributed by atoms with E-state index >= 15 is 0 Å². The van der Waals surface area contributed by atoms with Crippen LogP contribution in [0.1, 0.15) is 32.9 Å². The molecule has 1 aliphatic rings. The number of carbonyl (C=O) groups is 3. The lowest BCUT2D eigenvalue weighted by Crippen LogP contribution is -2.50. The standard InChI is InChI=1S/C18H18ClN3O3S/c19-14-7-5-12(6-8-14)16(23)20-21-17(24)13-3-1-9-22(11-13)18(25)15-4-2-10-26-15/h2,4-8,10,13H,1,3,9,11H2,(H,20,23)(H,21,24). The quantitative estimate of drug-likeness (QED) is 0.789. The number of hydrogen-bond acceptors (Lipinski definition) is 4. The molecule has 1 atom stereocenters. The molecule has 1 aromatic heterocycles. The average molecular weight is 392 g/mol. The Morgan fingerprint density at radius 3 is 2.58 bits per heavy atom. The molecule has 3 amide bonds. The summed E-state index contributed by atoms with van der Waals surface area (Å²) >= 11 is 7.18. The Morgan fingerprint density at radius 2 is 1.88 bits per heavy atom. The molecule has 0 spiro atoms. The van der Waals surface area contributed by atoms with Crippen LogP contribution >= 0.6 is 22.9 Å². The van der Waals surface area contributed by atoms with Crippen molar-refractivity contribution in [3.8, 4) is 0 Å². The molecule has 0 aliphatic carbocycles. The first-order chi connectivity index (χ1) is 12.5. The molecule has 2 aromatic rings. The van der Waals surface area contributed by atoms with Gasteiger partial charge in [-0.25, -0.2) is 0 Å². The Labute approximate surface area is 160 Å². The predicted molar refractivity (Wildman–Crippen MR) is 100 cm³/mol. The van der Waals surface area contributed by atoms with Crippen molar-refractivity contribution in [1.82, 2.24) is 15.8 Å². The van der Waals surface area contributed by atoms with Gasteiger partial charge in [-0.2, -0.15) is 0 Å². The highest BCUT2D eigenvalue weighted by Crippen LogP contribution is 2.20. The Kier molecular flexibility index (Phi) is 5.90. The van der Waals surface area contributed by atoms with Gasteiger partial charge < -0.3 is 4.90 Å². The van der Waals surface area contributed by atoms with Crippen LogP contribution in [-0.4, -0.2) is 35.7 Å². The van der Waals surface area contributed by atoms with Crippen molar-refractivity contribution in [2.24, 2.45) is 5.92 Å². The lowest BCUT2D eigenvalue weighted by atomic mass is 9.97. The number of hydrogen-bond donors (Lipinski definition) is 2. The molecule has 0 radical (unpaired) electrons. The first-order valence-electron chi connectivity index (χ1n) is 8.23. The molecule has 3 rings (SSSR count). The lowest BCUT2D eigenvalue weighted by Gasteiger charge is -2.31. The first-order valence-corrected chi connectivity index (χ1v) is 9.49. The zero-order valence-electron chi connectivity index (χ0n) is 13.9. The van der Waals surface area contributed by atoms with Crippen molar-refractivity contribution in [3.05, 3.63) is 57.2 Å². The molecule has 1 fully saturated rings. The van der Waals surface area contributed by atoms with Crippen LogP contribution in [0.2, 0.25) is 5.02 Å². The number of piperidine rings is 1. The van der Waals surface area contributed by atoms with Gasteiger partial charge >= 0.3 is 0 Å². The van der Waals surface area contributed by atoms with Crippen LogP contribution in [0.4, 0.5) is 0 Å². The molecule has 6 nitrogen and oxygen atoms in total. The maximum Gasteiger partial charge on any atom is 0.269 e. The normalized spacial score (nSPS) is 16.8. The van der Waals surface area contributed by atoms with Gasteiger partial charge in [0.15, 0.2) is 0 Å². The highest BCUT2D eigenvalue weighted by Gasteiger charge is 2.29. The van der Waals surface area contributed by atoms with E-state index in [1.165, 1.54) is 11.3 Å². The Hall–Kier alpha value is -2.38. The minimum atomic E-state index is -0.419.